The van der Waals surface area contributed by atoms with Gasteiger partial charge in [0.15, 0.2) is 0 Å². The van der Waals surface area contributed by atoms with Crippen LogP contribution in [0.2, 0.25) is 0 Å². The molecule has 6 nitrogen and oxygen atoms in total. The highest BCUT2D eigenvalue weighted by molar-refractivity contribution is 7.98. The van der Waals surface area contributed by atoms with Crippen LogP contribution in [0.25, 0.3) is 15.3 Å². The van der Waals surface area contributed by atoms with Gasteiger partial charge in [0.05, 0.1) is 23.4 Å². The molecule has 8 heteroatoms. The first kappa shape index (κ1) is 20.4. The fourth-order valence-corrected chi connectivity index (χ4v) is 4.48. The number of nitrogens with zero attached hydrogens (tertiary/aromatic N) is 3. The molecule has 4 rings (SSSR count). The number of thiazole rings is 1. The van der Waals surface area contributed by atoms with Crippen LogP contribution in [0.3, 0.4) is 0 Å². The summed E-state index contributed by atoms with van der Waals surface area (Å²) in [6, 6.07) is 15.7. The summed E-state index contributed by atoms with van der Waals surface area (Å²) < 4.78 is 8.39. The molecule has 0 fully saturated rings. The molecular formula is C22H22N4O2S2. The predicted molar refractivity (Wildman–Crippen MR) is 123 cm³/mol. The van der Waals surface area contributed by atoms with Gasteiger partial charge < -0.3 is 10.1 Å². The Hall–Kier alpha value is -2.84. The molecule has 154 valence electrons. The Kier molecular flexibility index (Phi) is 6.06. The third-order valence-corrected chi connectivity index (χ3v) is 6.21. The number of rotatable bonds is 7. The van der Waals surface area contributed by atoms with Crippen molar-refractivity contribution in [1.82, 2.24) is 14.8 Å². The van der Waals surface area contributed by atoms with Crippen LogP contribution >= 0.6 is 23.1 Å². The minimum atomic E-state index is -0.0934. The van der Waals surface area contributed by atoms with Crippen molar-refractivity contribution in [2.24, 2.45) is 0 Å². The minimum absolute atomic E-state index is 0.0934. The number of aromatic nitrogens is 3. The Labute approximate surface area is 183 Å². The van der Waals surface area contributed by atoms with Crippen LogP contribution < -0.4 is 10.1 Å². The number of fused-ring (bicyclic) bond motifs is 1. The molecule has 0 atom stereocenters. The van der Waals surface area contributed by atoms with Gasteiger partial charge >= 0.3 is 0 Å². The van der Waals surface area contributed by atoms with Crippen molar-refractivity contribution in [3.8, 4) is 10.9 Å². The molecular weight excluding hydrogens is 416 g/mol. The highest BCUT2D eigenvalue weighted by Crippen LogP contribution is 2.32. The fourth-order valence-electron chi connectivity index (χ4n) is 3.12. The molecule has 4 aromatic rings. The summed E-state index contributed by atoms with van der Waals surface area (Å²) in [7, 11) is 0. The molecule has 0 saturated heterocycles. The van der Waals surface area contributed by atoms with Crippen LogP contribution in [0, 0.1) is 6.92 Å². The number of hydrogen-bond donors (Lipinski definition) is 1. The largest absolute Gasteiger partial charge is 0.492 e. The first-order chi connectivity index (χ1) is 14.6. The number of carbonyl (C=O) groups is 1. The Balaban J connectivity index is 1.58. The first-order valence-corrected chi connectivity index (χ1v) is 11.6. The van der Waals surface area contributed by atoms with Crippen LogP contribution in [0.1, 0.15) is 18.2 Å². The minimum Gasteiger partial charge on any atom is -0.492 e. The lowest BCUT2D eigenvalue weighted by Gasteiger charge is -2.07. The van der Waals surface area contributed by atoms with Gasteiger partial charge in [0.1, 0.15) is 17.1 Å². The van der Waals surface area contributed by atoms with Gasteiger partial charge in [0.2, 0.25) is 11.0 Å². The lowest BCUT2D eigenvalue weighted by molar-refractivity contribution is -0.115. The topological polar surface area (TPSA) is 69.0 Å². The summed E-state index contributed by atoms with van der Waals surface area (Å²) in [6.45, 7) is 4.42. The van der Waals surface area contributed by atoms with E-state index in [0.29, 0.717) is 24.0 Å². The average Bonchev–Trinajstić information content (AvgIpc) is 3.32. The van der Waals surface area contributed by atoms with Crippen molar-refractivity contribution in [2.75, 3.05) is 18.2 Å². The van der Waals surface area contributed by atoms with Gasteiger partial charge in [0.25, 0.3) is 0 Å². The van der Waals surface area contributed by atoms with E-state index in [0.717, 1.165) is 27.2 Å². The number of carbonyl (C=O) groups excluding carboxylic acids is 1. The SMILES string of the molecule is CCOc1cccc2sc(-n3nc(C)cc3NC(=O)Cc3ccc(SC)cc3)nc12. The number of amides is 1. The van der Waals surface area contributed by atoms with E-state index in [-0.39, 0.29) is 5.91 Å². The van der Waals surface area contributed by atoms with E-state index in [4.69, 9.17) is 9.72 Å². The molecule has 0 aliphatic heterocycles. The highest BCUT2D eigenvalue weighted by Gasteiger charge is 2.16. The standard InChI is InChI=1S/C22H22N4O2S2/c1-4-28-17-6-5-7-18-21(17)24-22(30-18)26-19(12-14(2)25-26)23-20(27)13-15-8-10-16(29-3)11-9-15/h5-12H,4,13H2,1-3H3,(H,23,27). The second-order valence-electron chi connectivity index (χ2n) is 6.69. The van der Waals surface area contributed by atoms with Crippen LogP contribution in [0.4, 0.5) is 5.82 Å². The molecule has 0 bridgehead atoms. The van der Waals surface area contributed by atoms with Crippen molar-refractivity contribution in [3.05, 3.63) is 59.8 Å². The molecule has 0 aliphatic rings. The molecule has 0 saturated carbocycles. The molecule has 0 spiro atoms. The summed E-state index contributed by atoms with van der Waals surface area (Å²) in [5.74, 6) is 1.26. The van der Waals surface area contributed by atoms with E-state index in [2.05, 4.69) is 10.4 Å². The Bertz CT molecular complexity index is 1180. The van der Waals surface area contributed by atoms with E-state index in [9.17, 15) is 4.79 Å². The van der Waals surface area contributed by atoms with E-state index < -0.39 is 0 Å². The quantitative estimate of drug-likeness (QED) is 0.407. The molecule has 0 aliphatic carbocycles. The Morgan fingerprint density at radius 3 is 2.77 bits per heavy atom. The van der Waals surface area contributed by atoms with Gasteiger partial charge in [-0.05, 0) is 49.9 Å². The second kappa shape index (κ2) is 8.89. The smallest absolute Gasteiger partial charge is 0.229 e. The highest BCUT2D eigenvalue weighted by atomic mass is 32.2. The molecule has 2 aromatic heterocycles. The van der Waals surface area contributed by atoms with Crippen LogP contribution in [-0.2, 0) is 11.2 Å². The molecule has 2 heterocycles. The Morgan fingerprint density at radius 2 is 2.03 bits per heavy atom. The molecule has 1 N–H and O–H groups in total. The third kappa shape index (κ3) is 4.34. The Morgan fingerprint density at radius 1 is 1.23 bits per heavy atom. The van der Waals surface area contributed by atoms with E-state index in [1.165, 1.54) is 16.2 Å². The lowest BCUT2D eigenvalue weighted by Crippen LogP contribution is -2.17. The molecule has 2 aromatic carbocycles. The summed E-state index contributed by atoms with van der Waals surface area (Å²) in [4.78, 5) is 18.5. The number of para-hydroxylation sites is 1. The van der Waals surface area contributed by atoms with Gasteiger partial charge in [-0.25, -0.2) is 4.98 Å². The van der Waals surface area contributed by atoms with Gasteiger partial charge in [-0.1, -0.05) is 29.5 Å². The van der Waals surface area contributed by atoms with Crippen molar-refractivity contribution >= 4 is 45.0 Å². The summed E-state index contributed by atoms with van der Waals surface area (Å²) in [5.41, 5.74) is 2.58. The third-order valence-electron chi connectivity index (χ3n) is 4.47. The number of nitrogens with one attached hydrogen (secondary N) is 1. The number of benzene rings is 2. The maximum absolute atomic E-state index is 12.6. The van der Waals surface area contributed by atoms with Crippen molar-refractivity contribution in [2.45, 2.75) is 25.2 Å². The van der Waals surface area contributed by atoms with E-state index >= 15 is 0 Å². The number of hydrogen-bond acceptors (Lipinski definition) is 6. The fraction of sp³-hybridized carbons (Fsp3) is 0.227. The van der Waals surface area contributed by atoms with Crippen LogP contribution in [0.15, 0.2) is 53.4 Å². The zero-order valence-electron chi connectivity index (χ0n) is 17.0. The van der Waals surface area contributed by atoms with Crippen molar-refractivity contribution in [1.29, 1.82) is 0 Å². The summed E-state index contributed by atoms with van der Waals surface area (Å²) in [5, 5.41) is 8.21. The summed E-state index contributed by atoms with van der Waals surface area (Å²) >= 11 is 3.19. The van der Waals surface area contributed by atoms with Gasteiger partial charge in [-0.15, -0.1) is 11.8 Å². The zero-order valence-corrected chi connectivity index (χ0v) is 18.6. The van der Waals surface area contributed by atoms with Crippen molar-refractivity contribution in [3.63, 3.8) is 0 Å². The monoisotopic (exact) mass is 438 g/mol. The molecule has 0 radical (unpaired) electrons. The van der Waals surface area contributed by atoms with Crippen LogP contribution in [-0.4, -0.2) is 33.5 Å². The molecule has 1 amide bonds. The van der Waals surface area contributed by atoms with E-state index in [1.54, 1.807) is 16.4 Å². The lowest BCUT2D eigenvalue weighted by atomic mass is 10.1. The normalized spacial score (nSPS) is 11.0. The number of thioether (sulfide) groups is 1. The van der Waals surface area contributed by atoms with Gasteiger partial charge in [0, 0.05) is 11.0 Å². The first-order valence-electron chi connectivity index (χ1n) is 9.59. The predicted octanol–water partition coefficient (Wildman–Crippen LogP) is 5.09. The number of aryl methyl sites for hydroxylation is 1. The van der Waals surface area contributed by atoms with Crippen LogP contribution in [0.5, 0.6) is 5.75 Å². The maximum atomic E-state index is 12.6. The maximum Gasteiger partial charge on any atom is 0.229 e. The number of ether oxygens (including phenoxy) is 1. The average molecular weight is 439 g/mol. The number of anilines is 1. The van der Waals surface area contributed by atoms with Gasteiger partial charge in [-0.3, -0.25) is 4.79 Å². The molecule has 0 unspecified atom stereocenters. The summed E-state index contributed by atoms with van der Waals surface area (Å²) in [6.07, 6.45) is 2.33. The van der Waals surface area contributed by atoms with Gasteiger partial charge in [-0.2, -0.15) is 9.78 Å². The second-order valence-corrected chi connectivity index (χ2v) is 8.58. The van der Waals surface area contributed by atoms with E-state index in [1.807, 2.05) is 68.6 Å². The molecule has 30 heavy (non-hydrogen) atoms. The van der Waals surface area contributed by atoms with Crippen molar-refractivity contribution < 1.29 is 9.53 Å². The zero-order chi connectivity index (χ0) is 21.1.